The molecular weight excluding hydrogens is 256 g/mol. The topological polar surface area (TPSA) is 116 Å². The molecule has 1 saturated heterocycles. The van der Waals surface area contributed by atoms with Crippen LogP contribution in [0.2, 0.25) is 0 Å². The van der Waals surface area contributed by atoms with Gasteiger partial charge in [-0.25, -0.2) is 4.79 Å². The van der Waals surface area contributed by atoms with Crippen molar-refractivity contribution < 1.29 is 28.8 Å². The predicted molar refractivity (Wildman–Crippen MR) is 61.3 cm³/mol. The average Bonchev–Trinajstić information content (AvgIpc) is 2.67. The van der Waals surface area contributed by atoms with Crippen LogP contribution in [0, 0.1) is 5.92 Å². The summed E-state index contributed by atoms with van der Waals surface area (Å²) >= 11 is 0. The minimum absolute atomic E-state index is 0.0327. The monoisotopic (exact) mass is 272 g/mol. The van der Waals surface area contributed by atoms with Crippen molar-refractivity contribution in [1.29, 1.82) is 0 Å². The number of amides is 3. The lowest BCUT2D eigenvalue weighted by atomic mass is 10.1. The first-order chi connectivity index (χ1) is 8.93. The van der Waals surface area contributed by atoms with Gasteiger partial charge in [-0.05, 0) is 12.3 Å². The molecule has 0 spiro atoms. The van der Waals surface area contributed by atoms with Gasteiger partial charge in [-0.3, -0.25) is 14.4 Å². The molecule has 2 N–H and O–H groups in total. The molecule has 0 saturated carbocycles. The van der Waals surface area contributed by atoms with Crippen LogP contribution in [0.5, 0.6) is 0 Å². The van der Waals surface area contributed by atoms with E-state index in [1.54, 1.807) is 6.92 Å². The fourth-order valence-electron chi connectivity index (χ4n) is 1.62. The van der Waals surface area contributed by atoms with E-state index in [4.69, 9.17) is 10.6 Å². The molecule has 2 unspecified atom stereocenters. The average molecular weight is 272 g/mol. The summed E-state index contributed by atoms with van der Waals surface area (Å²) in [6, 6.07) is 0. The second kappa shape index (κ2) is 6.83. The fraction of sp³-hybridized carbons (Fsp3) is 0.636. The zero-order valence-corrected chi connectivity index (χ0v) is 10.5. The van der Waals surface area contributed by atoms with Crippen LogP contribution in [0.15, 0.2) is 0 Å². The number of nitrogens with zero attached hydrogens (tertiary/aromatic N) is 1. The molecule has 0 aromatic rings. The zero-order valence-electron chi connectivity index (χ0n) is 10.5. The summed E-state index contributed by atoms with van der Waals surface area (Å²) in [6.07, 6.45) is -0.971. The number of carbonyl (C=O) groups excluding carboxylic acids is 4. The van der Waals surface area contributed by atoms with Crippen molar-refractivity contribution in [3.05, 3.63) is 0 Å². The lowest BCUT2D eigenvalue weighted by Crippen LogP contribution is -2.36. The van der Waals surface area contributed by atoms with Crippen molar-refractivity contribution in [1.82, 2.24) is 5.06 Å². The van der Waals surface area contributed by atoms with E-state index in [1.165, 1.54) is 0 Å². The molecule has 0 bridgehead atoms. The maximum Gasteiger partial charge on any atom is 0.404 e. The van der Waals surface area contributed by atoms with Crippen LogP contribution in [-0.4, -0.2) is 42.0 Å². The summed E-state index contributed by atoms with van der Waals surface area (Å²) in [5.41, 5.74) is 4.81. The van der Waals surface area contributed by atoms with E-state index in [1.807, 2.05) is 0 Å². The van der Waals surface area contributed by atoms with Crippen LogP contribution in [0.1, 0.15) is 26.2 Å². The summed E-state index contributed by atoms with van der Waals surface area (Å²) in [5.74, 6) is -1.12. The second-order valence-corrected chi connectivity index (χ2v) is 4.33. The summed E-state index contributed by atoms with van der Waals surface area (Å²) in [4.78, 5) is 49.0. The van der Waals surface area contributed by atoms with Gasteiger partial charge in [0.2, 0.25) is 0 Å². The van der Waals surface area contributed by atoms with Gasteiger partial charge in [0.05, 0.1) is 6.61 Å². The molecule has 2 atom stereocenters. The smallest absolute Gasteiger partial charge is 0.404 e. The van der Waals surface area contributed by atoms with Gasteiger partial charge in [0, 0.05) is 12.8 Å². The summed E-state index contributed by atoms with van der Waals surface area (Å²) in [7, 11) is 0. The van der Waals surface area contributed by atoms with Crippen LogP contribution < -0.4 is 5.73 Å². The molecule has 1 aliphatic rings. The molecule has 8 heteroatoms. The first kappa shape index (κ1) is 15.1. The Bertz CT molecular complexity index is 367. The van der Waals surface area contributed by atoms with Gasteiger partial charge in [-0.2, -0.15) is 5.06 Å². The third-order valence-electron chi connectivity index (χ3n) is 2.54. The molecule has 0 radical (unpaired) electrons. The summed E-state index contributed by atoms with van der Waals surface area (Å²) in [5, 5.41) is 0.626. The Kier molecular flexibility index (Phi) is 5.43. The Balaban J connectivity index is 2.45. The molecular formula is C11H16N2O6. The number of rotatable bonds is 7. The lowest BCUT2D eigenvalue weighted by Gasteiger charge is -2.20. The van der Waals surface area contributed by atoms with Crippen LogP contribution >= 0.6 is 0 Å². The number of hydrogen-bond donors (Lipinski definition) is 1. The Morgan fingerprint density at radius 2 is 2.00 bits per heavy atom. The molecule has 1 aliphatic heterocycles. The normalized spacial score (nSPS) is 18.3. The summed E-state index contributed by atoms with van der Waals surface area (Å²) in [6.45, 7) is 1.75. The number of hydrogen-bond acceptors (Lipinski definition) is 6. The molecule has 0 aromatic carbocycles. The lowest BCUT2D eigenvalue weighted by molar-refractivity contribution is -0.201. The maximum absolute atomic E-state index is 11.3. The van der Waals surface area contributed by atoms with E-state index >= 15 is 0 Å². The van der Waals surface area contributed by atoms with Crippen LogP contribution in [0.4, 0.5) is 4.79 Å². The highest BCUT2D eigenvalue weighted by Gasteiger charge is 2.32. The second-order valence-electron chi connectivity index (χ2n) is 4.33. The highest BCUT2D eigenvalue weighted by atomic mass is 16.7. The van der Waals surface area contributed by atoms with Crippen molar-refractivity contribution in [3.63, 3.8) is 0 Å². The molecule has 1 heterocycles. The van der Waals surface area contributed by atoms with Crippen molar-refractivity contribution in [3.8, 4) is 0 Å². The Hall–Kier alpha value is -1.96. The third-order valence-corrected chi connectivity index (χ3v) is 2.54. The van der Waals surface area contributed by atoms with E-state index in [0.717, 1.165) is 0 Å². The molecule has 0 aromatic heterocycles. The number of hydroxylamine groups is 2. The minimum Gasteiger partial charge on any atom is -0.449 e. The highest BCUT2D eigenvalue weighted by Crippen LogP contribution is 2.16. The van der Waals surface area contributed by atoms with Gasteiger partial charge >= 0.3 is 6.09 Å². The van der Waals surface area contributed by atoms with Crippen LogP contribution in [0.25, 0.3) is 0 Å². The number of primary amides is 1. The van der Waals surface area contributed by atoms with Gasteiger partial charge in [-0.1, -0.05) is 6.92 Å². The van der Waals surface area contributed by atoms with Crippen molar-refractivity contribution >= 4 is 24.2 Å². The number of nitrogens with two attached hydrogens (primary N) is 1. The quantitative estimate of drug-likeness (QED) is 0.505. The Labute approximate surface area is 109 Å². The number of aldehydes is 1. The van der Waals surface area contributed by atoms with Crippen molar-refractivity contribution in [2.75, 3.05) is 6.61 Å². The standard InChI is InChI=1S/C11H16N2O6/c1-7(6-18-11(12)17)4-8(5-14)19-13-9(15)2-3-10(13)16/h5,7-8H,2-4,6H2,1H3,(H2,12,17). The van der Waals surface area contributed by atoms with Gasteiger partial charge in [0.1, 0.15) is 6.10 Å². The predicted octanol–water partition coefficient (Wildman–Crippen LogP) is -0.244. The maximum atomic E-state index is 11.3. The number of imide groups is 1. The van der Waals surface area contributed by atoms with Crippen molar-refractivity contribution in [2.24, 2.45) is 11.7 Å². The van der Waals surface area contributed by atoms with E-state index in [2.05, 4.69) is 4.74 Å². The molecule has 8 nitrogen and oxygen atoms in total. The zero-order chi connectivity index (χ0) is 14.4. The Morgan fingerprint density at radius 3 is 2.47 bits per heavy atom. The largest absolute Gasteiger partial charge is 0.449 e. The first-order valence-electron chi connectivity index (χ1n) is 5.84. The number of ether oxygens (including phenoxy) is 1. The van der Waals surface area contributed by atoms with Gasteiger partial charge < -0.3 is 15.3 Å². The van der Waals surface area contributed by atoms with E-state index < -0.39 is 24.0 Å². The van der Waals surface area contributed by atoms with Crippen LogP contribution in [-0.2, 0) is 24.0 Å². The van der Waals surface area contributed by atoms with E-state index in [-0.39, 0.29) is 31.8 Å². The Morgan fingerprint density at radius 1 is 1.42 bits per heavy atom. The minimum atomic E-state index is -0.947. The number of carbonyl (C=O) groups is 4. The molecule has 1 rings (SSSR count). The fourth-order valence-corrected chi connectivity index (χ4v) is 1.62. The third kappa shape index (κ3) is 4.66. The van der Waals surface area contributed by atoms with E-state index in [0.29, 0.717) is 11.3 Å². The van der Waals surface area contributed by atoms with Crippen molar-refractivity contribution in [2.45, 2.75) is 32.3 Å². The van der Waals surface area contributed by atoms with E-state index in [9.17, 15) is 19.2 Å². The summed E-state index contributed by atoms with van der Waals surface area (Å²) < 4.78 is 4.58. The van der Waals surface area contributed by atoms with Gasteiger partial charge in [-0.15, -0.1) is 0 Å². The molecule has 1 fully saturated rings. The SMILES string of the molecule is CC(COC(N)=O)CC(C=O)ON1C(=O)CCC1=O. The molecule has 19 heavy (non-hydrogen) atoms. The first-order valence-corrected chi connectivity index (χ1v) is 5.84. The molecule has 0 aliphatic carbocycles. The molecule has 3 amide bonds. The molecule has 106 valence electrons. The van der Waals surface area contributed by atoms with Gasteiger partial charge in [0.15, 0.2) is 6.29 Å². The van der Waals surface area contributed by atoms with Gasteiger partial charge in [0.25, 0.3) is 11.8 Å². The highest BCUT2D eigenvalue weighted by molar-refractivity contribution is 6.00. The van der Waals surface area contributed by atoms with Crippen LogP contribution in [0.3, 0.4) is 0 Å².